The maximum Gasteiger partial charge on any atom is 0.243 e. The lowest BCUT2D eigenvalue weighted by atomic mass is 9.97. The highest BCUT2D eigenvalue weighted by molar-refractivity contribution is 7.89. The van der Waals surface area contributed by atoms with Crippen molar-refractivity contribution in [3.8, 4) is 5.75 Å². The number of benzene rings is 2. The molecule has 0 spiro atoms. The van der Waals surface area contributed by atoms with Crippen LogP contribution in [0.4, 0.5) is 0 Å². The van der Waals surface area contributed by atoms with Crippen LogP contribution in [0.15, 0.2) is 59.5 Å². The van der Waals surface area contributed by atoms with Gasteiger partial charge in [0.2, 0.25) is 21.8 Å². The Balaban J connectivity index is 1.46. The number of nitrogens with zero attached hydrogens (tertiary/aromatic N) is 1. The number of nitrogens with one attached hydrogen (secondary N) is 2. The number of carbonyl (C=O) groups excluding carboxylic acids is 2. The molecule has 2 N–H and O–H groups in total. The Kier molecular flexibility index (Phi) is 7.87. The molecule has 1 heterocycles. The first-order valence-electron chi connectivity index (χ1n) is 10.6. The van der Waals surface area contributed by atoms with Crippen LogP contribution in [-0.2, 0) is 26.2 Å². The second kappa shape index (κ2) is 10.6. The van der Waals surface area contributed by atoms with Crippen molar-refractivity contribution in [2.75, 3.05) is 20.2 Å². The SMILES string of the molecule is COc1ccc(CNC(=O)[C@@H](C)NC(=O)C2CCN(S(=O)(=O)c3ccccc3)CC2)cc1. The first kappa shape index (κ1) is 23.7. The van der Waals surface area contributed by atoms with Crippen molar-refractivity contribution in [2.24, 2.45) is 5.92 Å². The Hall–Kier alpha value is -2.91. The first-order valence-corrected chi connectivity index (χ1v) is 12.0. The predicted molar refractivity (Wildman–Crippen MR) is 120 cm³/mol. The third-order valence-electron chi connectivity index (χ3n) is 5.58. The average Bonchev–Trinajstić information content (AvgIpc) is 2.83. The number of amides is 2. The zero-order valence-electron chi connectivity index (χ0n) is 18.3. The summed E-state index contributed by atoms with van der Waals surface area (Å²) in [5.74, 6) is -0.0931. The number of hydrogen-bond donors (Lipinski definition) is 2. The zero-order valence-corrected chi connectivity index (χ0v) is 19.1. The molecule has 0 bridgehead atoms. The minimum absolute atomic E-state index is 0.228. The largest absolute Gasteiger partial charge is 0.497 e. The van der Waals surface area contributed by atoms with Gasteiger partial charge in [-0.25, -0.2) is 8.42 Å². The predicted octanol–water partition coefficient (Wildman–Crippen LogP) is 1.92. The number of carbonyl (C=O) groups is 2. The molecule has 1 aliphatic heterocycles. The molecule has 1 saturated heterocycles. The molecular formula is C23H29N3O5S. The van der Waals surface area contributed by atoms with Gasteiger partial charge >= 0.3 is 0 Å². The van der Waals surface area contributed by atoms with Gasteiger partial charge in [-0.05, 0) is 49.6 Å². The maximum atomic E-state index is 12.7. The van der Waals surface area contributed by atoms with Crippen LogP contribution in [0.25, 0.3) is 0 Å². The quantitative estimate of drug-likeness (QED) is 0.628. The summed E-state index contributed by atoms with van der Waals surface area (Å²) in [6.07, 6.45) is 0.830. The van der Waals surface area contributed by atoms with Crippen LogP contribution < -0.4 is 15.4 Å². The van der Waals surface area contributed by atoms with E-state index in [0.717, 1.165) is 11.3 Å². The third kappa shape index (κ3) is 5.86. The van der Waals surface area contributed by atoms with E-state index in [0.29, 0.717) is 19.4 Å². The van der Waals surface area contributed by atoms with Gasteiger partial charge in [-0.15, -0.1) is 0 Å². The molecule has 2 amide bonds. The van der Waals surface area contributed by atoms with Gasteiger partial charge in [-0.2, -0.15) is 4.31 Å². The Labute approximate surface area is 189 Å². The van der Waals surface area contributed by atoms with Crippen molar-refractivity contribution < 1.29 is 22.7 Å². The number of hydrogen-bond acceptors (Lipinski definition) is 5. The molecule has 1 atom stereocenters. The lowest BCUT2D eigenvalue weighted by Crippen LogP contribution is -2.49. The molecule has 0 saturated carbocycles. The number of piperidine rings is 1. The average molecular weight is 460 g/mol. The van der Waals surface area contributed by atoms with Gasteiger partial charge in [0.05, 0.1) is 12.0 Å². The molecule has 9 heteroatoms. The molecule has 1 fully saturated rings. The lowest BCUT2D eigenvalue weighted by Gasteiger charge is -2.31. The summed E-state index contributed by atoms with van der Waals surface area (Å²) in [4.78, 5) is 25.2. The number of sulfonamides is 1. The van der Waals surface area contributed by atoms with E-state index in [1.54, 1.807) is 44.4 Å². The minimum atomic E-state index is -3.56. The summed E-state index contributed by atoms with van der Waals surface area (Å²) in [5.41, 5.74) is 0.921. The standard InChI is InChI=1S/C23H29N3O5S/c1-17(22(27)24-16-18-8-10-20(31-2)11-9-18)25-23(28)19-12-14-26(15-13-19)32(29,30)21-6-4-3-5-7-21/h3-11,17,19H,12-16H2,1-2H3,(H,24,27)(H,25,28)/t17-/m1/s1. The fourth-order valence-corrected chi connectivity index (χ4v) is 5.07. The van der Waals surface area contributed by atoms with Gasteiger partial charge in [-0.3, -0.25) is 9.59 Å². The van der Waals surface area contributed by atoms with Gasteiger partial charge in [0.15, 0.2) is 0 Å². The van der Waals surface area contributed by atoms with Crippen molar-refractivity contribution in [3.63, 3.8) is 0 Å². The summed E-state index contributed by atoms with van der Waals surface area (Å²) in [6.45, 7) is 2.52. The smallest absolute Gasteiger partial charge is 0.243 e. The molecule has 0 aromatic heterocycles. The molecule has 172 valence electrons. The van der Waals surface area contributed by atoms with Crippen LogP contribution in [-0.4, -0.2) is 50.8 Å². The second-order valence-electron chi connectivity index (χ2n) is 7.79. The van der Waals surface area contributed by atoms with Crippen molar-refractivity contribution in [1.82, 2.24) is 14.9 Å². The number of ether oxygens (including phenoxy) is 1. The highest BCUT2D eigenvalue weighted by Gasteiger charge is 2.32. The summed E-state index contributed by atoms with van der Waals surface area (Å²) < 4.78 is 32.0. The van der Waals surface area contributed by atoms with E-state index in [-0.39, 0.29) is 35.7 Å². The zero-order chi connectivity index (χ0) is 23.1. The molecule has 0 radical (unpaired) electrons. The summed E-state index contributed by atoms with van der Waals surface area (Å²) >= 11 is 0. The number of methoxy groups -OCH3 is 1. The molecule has 1 aliphatic rings. The molecule has 0 aliphatic carbocycles. The molecule has 2 aromatic rings. The maximum absolute atomic E-state index is 12.7. The fourth-order valence-electron chi connectivity index (χ4n) is 3.58. The monoisotopic (exact) mass is 459 g/mol. The van der Waals surface area contributed by atoms with Crippen LogP contribution in [0.2, 0.25) is 0 Å². The lowest BCUT2D eigenvalue weighted by molar-refractivity contribution is -0.131. The van der Waals surface area contributed by atoms with Crippen LogP contribution in [0.5, 0.6) is 5.75 Å². The summed E-state index contributed by atoms with van der Waals surface area (Å²) in [6, 6.07) is 15.0. The molecule has 3 rings (SSSR count). The Morgan fingerprint density at radius 3 is 2.28 bits per heavy atom. The van der Waals surface area contributed by atoms with Gasteiger partial charge in [0.1, 0.15) is 11.8 Å². The Morgan fingerprint density at radius 2 is 1.69 bits per heavy atom. The molecular weight excluding hydrogens is 430 g/mol. The molecule has 0 unspecified atom stereocenters. The van der Waals surface area contributed by atoms with E-state index in [1.165, 1.54) is 4.31 Å². The van der Waals surface area contributed by atoms with E-state index >= 15 is 0 Å². The fraction of sp³-hybridized carbons (Fsp3) is 0.391. The van der Waals surface area contributed by atoms with Crippen LogP contribution in [0, 0.1) is 5.92 Å². The number of rotatable bonds is 8. The van der Waals surface area contributed by atoms with E-state index in [4.69, 9.17) is 4.74 Å². The van der Waals surface area contributed by atoms with Gasteiger partial charge in [0.25, 0.3) is 0 Å². The Bertz CT molecular complexity index is 1020. The van der Waals surface area contributed by atoms with Crippen molar-refractivity contribution in [1.29, 1.82) is 0 Å². The summed E-state index contributed by atoms with van der Waals surface area (Å²) in [7, 11) is -1.97. The summed E-state index contributed by atoms with van der Waals surface area (Å²) in [5, 5.41) is 5.56. The van der Waals surface area contributed by atoms with Gasteiger partial charge in [-0.1, -0.05) is 30.3 Å². The molecule has 32 heavy (non-hydrogen) atoms. The highest BCUT2D eigenvalue weighted by atomic mass is 32.2. The Morgan fingerprint density at radius 1 is 1.06 bits per heavy atom. The molecule has 8 nitrogen and oxygen atoms in total. The highest BCUT2D eigenvalue weighted by Crippen LogP contribution is 2.24. The topological polar surface area (TPSA) is 105 Å². The van der Waals surface area contributed by atoms with Gasteiger partial charge in [0, 0.05) is 25.6 Å². The van der Waals surface area contributed by atoms with Crippen molar-refractivity contribution in [3.05, 3.63) is 60.2 Å². The molecule has 2 aromatic carbocycles. The van der Waals surface area contributed by atoms with Crippen molar-refractivity contribution >= 4 is 21.8 Å². The van der Waals surface area contributed by atoms with Crippen molar-refractivity contribution in [2.45, 2.75) is 37.2 Å². The van der Waals surface area contributed by atoms with Crippen LogP contribution >= 0.6 is 0 Å². The second-order valence-corrected chi connectivity index (χ2v) is 9.73. The van der Waals surface area contributed by atoms with E-state index in [1.807, 2.05) is 24.3 Å². The minimum Gasteiger partial charge on any atom is -0.497 e. The van der Waals surface area contributed by atoms with E-state index in [2.05, 4.69) is 10.6 Å². The first-order chi connectivity index (χ1) is 15.3. The van der Waals surface area contributed by atoms with E-state index in [9.17, 15) is 18.0 Å². The van der Waals surface area contributed by atoms with E-state index < -0.39 is 16.1 Å². The van der Waals surface area contributed by atoms with Gasteiger partial charge < -0.3 is 15.4 Å². The normalized spacial score (nSPS) is 16.2. The third-order valence-corrected chi connectivity index (χ3v) is 7.50. The van der Waals surface area contributed by atoms with Crippen LogP contribution in [0.1, 0.15) is 25.3 Å². The van der Waals surface area contributed by atoms with Crippen LogP contribution in [0.3, 0.4) is 0 Å².